The Morgan fingerprint density at radius 1 is 0.846 bits per heavy atom. The van der Waals surface area contributed by atoms with Crippen LogP contribution in [0, 0.1) is 11.8 Å². The normalized spacial score (nSPS) is 26.1. The van der Waals surface area contributed by atoms with Crippen LogP contribution in [0.4, 0.5) is 0 Å². The molecule has 0 N–H and O–H groups in total. The molecule has 0 saturated heterocycles. The van der Waals surface area contributed by atoms with Crippen LogP contribution < -0.4 is 0 Å². The second-order valence-electron chi connectivity index (χ2n) is 7.36. The molecule has 4 heteroatoms. The van der Waals surface area contributed by atoms with Crippen molar-refractivity contribution in [1.29, 1.82) is 0 Å². The predicted molar refractivity (Wildman–Crippen MR) is 99.6 cm³/mol. The van der Waals surface area contributed by atoms with Gasteiger partial charge in [-0.25, -0.2) is 4.99 Å². The number of fused-ring (bicyclic) bond motifs is 1. The Morgan fingerprint density at radius 2 is 1.42 bits per heavy atom. The van der Waals surface area contributed by atoms with Crippen molar-refractivity contribution in [2.24, 2.45) is 16.8 Å². The fraction of sp³-hybridized carbons (Fsp3) is 0.364. The van der Waals surface area contributed by atoms with Crippen LogP contribution in [0.25, 0.3) is 5.57 Å². The number of rotatable bonds is 2. The van der Waals surface area contributed by atoms with E-state index >= 15 is 0 Å². The van der Waals surface area contributed by atoms with Gasteiger partial charge in [-0.1, -0.05) is 43.2 Å². The number of carbonyl (C=O) groups is 3. The molecule has 4 rings (SSSR count). The summed E-state index contributed by atoms with van der Waals surface area (Å²) in [5, 5.41) is 0. The number of hydrogen-bond acceptors (Lipinski definition) is 4. The van der Waals surface area contributed by atoms with Gasteiger partial charge in [0.1, 0.15) is 5.70 Å². The smallest absolute Gasteiger partial charge is 0.212 e. The summed E-state index contributed by atoms with van der Waals surface area (Å²) < 4.78 is 0. The van der Waals surface area contributed by atoms with Gasteiger partial charge in [-0.3, -0.25) is 14.4 Å². The van der Waals surface area contributed by atoms with Gasteiger partial charge in [0, 0.05) is 17.4 Å². The predicted octanol–water partition coefficient (Wildman–Crippen LogP) is 3.72. The molecule has 3 aliphatic carbocycles. The summed E-state index contributed by atoms with van der Waals surface area (Å²) >= 11 is 0. The minimum absolute atomic E-state index is 0.00767. The average Bonchev–Trinajstić information content (AvgIpc) is 3.03. The Morgan fingerprint density at radius 3 is 2.00 bits per heavy atom. The Kier molecular flexibility index (Phi) is 4.06. The van der Waals surface area contributed by atoms with Gasteiger partial charge in [-0.15, -0.1) is 0 Å². The van der Waals surface area contributed by atoms with Crippen molar-refractivity contribution < 1.29 is 14.4 Å². The first-order chi connectivity index (χ1) is 12.5. The van der Waals surface area contributed by atoms with Gasteiger partial charge in [0.25, 0.3) is 0 Å². The third kappa shape index (κ3) is 2.44. The van der Waals surface area contributed by atoms with Crippen LogP contribution in [0.1, 0.15) is 45.1 Å². The molecule has 0 amide bonds. The lowest BCUT2D eigenvalue weighted by Crippen LogP contribution is -2.21. The first-order valence-electron chi connectivity index (χ1n) is 9.20. The molecule has 0 radical (unpaired) electrons. The molecule has 2 atom stereocenters. The highest BCUT2D eigenvalue weighted by atomic mass is 16.2. The third-order valence-corrected chi connectivity index (χ3v) is 5.93. The highest BCUT2D eigenvalue weighted by Crippen LogP contribution is 2.39. The second-order valence-corrected chi connectivity index (χ2v) is 7.36. The fourth-order valence-electron chi connectivity index (χ4n) is 4.36. The van der Waals surface area contributed by atoms with E-state index in [2.05, 4.69) is 4.99 Å². The maximum absolute atomic E-state index is 13.0. The molecule has 3 aliphatic rings. The van der Waals surface area contributed by atoms with E-state index in [9.17, 15) is 14.4 Å². The Hall–Kier alpha value is -2.62. The van der Waals surface area contributed by atoms with Crippen LogP contribution in [-0.4, -0.2) is 23.1 Å². The Balaban J connectivity index is 1.72. The van der Waals surface area contributed by atoms with Crippen LogP contribution in [0.2, 0.25) is 0 Å². The topological polar surface area (TPSA) is 63.6 Å². The zero-order chi connectivity index (χ0) is 18.4. The average molecular weight is 347 g/mol. The van der Waals surface area contributed by atoms with E-state index in [1.165, 1.54) is 0 Å². The molecule has 0 heterocycles. The molecule has 0 aliphatic heterocycles. The van der Waals surface area contributed by atoms with E-state index in [4.69, 9.17) is 0 Å². The van der Waals surface area contributed by atoms with Crippen LogP contribution in [0.3, 0.4) is 0 Å². The molecule has 0 spiro atoms. The molecule has 2 fully saturated rings. The summed E-state index contributed by atoms with van der Waals surface area (Å²) in [4.78, 5) is 42.7. The zero-order valence-corrected chi connectivity index (χ0v) is 15.0. The number of allylic oxidation sites excluding steroid dienone is 3. The lowest BCUT2D eigenvalue weighted by atomic mass is 9.81. The number of carbonyl (C=O) groups excluding carboxylic acids is 3. The van der Waals surface area contributed by atoms with E-state index in [0.717, 1.165) is 42.4 Å². The molecule has 132 valence electrons. The highest BCUT2D eigenvalue weighted by molar-refractivity contribution is 6.70. The molecule has 0 aromatic heterocycles. The van der Waals surface area contributed by atoms with Gasteiger partial charge >= 0.3 is 0 Å². The SMILES string of the molecule is CC1=C(N=C2C(=O)C3CCCCC3C2=O)C(=O)C(c2ccccc2)=C1C. The molecule has 4 nitrogen and oxygen atoms in total. The van der Waals surface area contributed by atoms with E-state index < -0.39 is 0 Å². The van der Waals surface area contributed by atoms with Crippen molar-refractivity contribution in [2.75, 3.05) is 0 Å². The van der Waals surface area contributed by atoms with Gasteiger partial charge in [0.05, 0.1) is 0 Å². The standard InChI is InChI=1S/C22H21NO3/c1-12-13(2)18(22(26)17(12)14-8-4-3-5-9-14)23-19-20(24)15-10-6-7-11-16(15)21(19)25/h3-5,8-9,15-16H,6-7,10-11H2,1-2H3. The molecule has 26 heavy (non-hydrogen) atoms. The molecular weight excluding hydrogens is 326 g/mol. The van der Waals surface area contributed by atoms with E-state index in [1.807, 2.05) is 44.2 Å². The number of aliphatic imine (C=N–C) groups is 1. The number of Topliss-reactive ketones (excluding diaryl/α,β-unsaturated/α-hetero) is 3. The van der Waals surface area contributed by atoms with Crippen LogP contribution >= 0.6 is 0 Å². The molecule has 2 unspecified atom stereocenters. The van der Waals surface area contributed by atoms with Crippen molar-refractivity contribution in [3.05, 3.63) is 52.7 Å². The van der Waals surface area contributed by atoms with Crippen molar-refractivity contribution in [1.82, 2.24) is 0 Å². The highest BCUT2D eigenvalue weighted by Gasteiger charge is 2.48. The number of ketones is 3. The fourth-order valence-corrected chi connectivity index (χ4v) is 4.36. The van der Waals surface area contributed by atoms with Crippen LogP contribution in [0.5, 0.6) is 0 Å². The minimum Gasteiger partial charge on any atom is -0.292 e. The molecule has 0 bridgehead atoms. The summed E-state index contributed by atoms with van der Waals surface area (Å²) in [5.41, 5.74) is 3.29. The summed E-state index contributed by atoms with van der Waals surface area (Å²) in [5.74, 6) is -0.989. The number of hydrogen-bond donors (Lipinski definition) is 0. The van der Waals surface area contributed by atoms with Crippen LogP contribution in [0.15, 0.2) is 52.2 Å². The number of nitrogens with zero attached hydrogens (tertiary/aromatic N) is 1. The van der Waals surface area contributed by atoms with Gasteiger partial charge < -0.3 is 0 Å². The summed E-state index contributed by atoms with van der Waals surface area (Å²) in [6.45, 7) is 3.72. The molecule has 1 aromatic carbocycles. The maximum atomic E-state index is 13.0. The Bertz CT molecular complexity index is 892. The van der Waals surface area contributed by atoms with Gasteiger partial charge in [0.15, 0.2) is 17.3 Å². The van der Waals surface area contributed by atoms with Gasteiger partial charge in [-0.2, -0.15) is 0 Å². The van der Waals surface area contributed by atoms with Crippen LogP contribution in [-0.2, 0) is 14.4 Å². The molecule has 1 aromatic rings. The molecular formula is C22H21NO3. The van der Waals surface area contributed by atoms with E-state index in [1.54, 1.807) is 0 Å². The second kappa shape index (κ2) is 6.27. The van der Waals surface area contributed by atoms with Gasteiger partial charge in [-0.05, 0) is 43.4 Å². The van der Waals surface area contributed by atoms with Gasteiger partial charge in [0.2, 0.25) is 5.78 Å². The Labute approximate surface area is 152 Å². The monoisotopic (exact) mass is 347 g/mol. The third-order valence-electron chi connectivity index (χ3n) is 5.93. The molecule has 2 saturated carbocycles. The maximum Gasteiger partial charge on any atom is 0.212 e. The summed E-state index contributed by atoms with van der Waals surface area (Å²) in [7, 11) is 0. The van der Waals surface area contributed by atoms with Crippen molar-refractivity contribution in [3.8, 4) is 0 Å². The van der Waals surface area contributed by atoms with Crippen molar-refractivity contribution >= 4 is 28.6 Å². The van der Waals surface area contributed by atoms with E-state index in [0.29, 0.717) is 5.57 Å². The van der Waals surface area contributed by atoms with E-state index in [-0.39, 0.29) is 40.6 Å². The van der Waals surface area contributed by atoms with Crippen molar-refractivity contribution in [2.45, 2.75) is 39.5 Å². The lowest BCUT2D eigenvalue weighted by molar-refractivity contribution is -0.120. The zero-order valence-electron chi connectivity index (χ0n) is 15.0. The first kappa shape index (κ1) is 16.8. The lowest BCUT2D eigenvalue weighted by Gasteiger charge is -2.20. The minimum atomic E-state index is -0.227. The first-order valence-corrected chi connectivity index (χ1v) is 9.20. The number of benzene rings is 1. The quantitative estimate of drug-likeness (QED) is 0.819. The summed E-state index contributed by atoms with van der Waals surface area (Å²) in [6.07, 6.45) is 3.47. The largest absolute Gasteiger partial charge is 0.292 e. The summed E-state index contributed by atoms with van der Waals surface area (Å²) in [6, 6.07) is 9.45. The van der Waals surface area contributed by atoms with Crippen molar-refractivity contribution in [3.63, 3.8) is 0 Å².